The SMILES string of the molecule is CC(C)(C)OC(=O)N1CC[C@H]1CONC(=O)[C@@H]1CC[C@@H]2CN1C(=O)N2OS(=O)(=O)[O-].CCCC[N+](CCCC)(CCCC)CCCC. The first kappa shape index (κ1) is 41.0. The molecule has 0 unspecified atom stereocenters. The summed E-state index contributed by atoms with van der Waals surface area (Å²) in [6.45, 7) is 21.0. The Bertz CT molecular complexity index is 1060. The van der Waals surface area contributed by atoms with Gasteiger partial charge >= 0.3 is 12.1 Å². The molecule has 3 aliphatic rings. The van der Waals surface area contributed by atoms with Crippen LogP contribution in [0.1, 0.15) is 119 Å². The Kier molecular flexibility index (Phi) is 16.7. The van der Waals surface area contributed by atoms with Gasteiger partial charge in [-0.1, -0.05) is 53.4 Å². The number of nitrogens with one attached hydrogen (secondary N) is 1. The maximum Gasteiger partial charge on any atom is 0.410 e. The number of unbranched alkanes of at least 4 members (excludes halogenated alkanes) is 4. The number of carbonyl (C=O) groups excluding carboxylic acids is 3. The van der Waals surface area contributed by atoms with Crippen molar-refractivity contribution in [3.63, 3.8) is 0 Å². The lowest BCUT2D eigenvalue weighted by Crippen LogP contribution is -2.56. The van der Waals surface area contributed by atoms with Crippen molar-refractivity contribution in [1.29, 1.82) is 0 Å². The van der Waals surface area contributed by atoms with Gasteiger partial charge in [0.05, 0.1) is 44.9 Å². The van der Waals surface area contributed by atoms with Crippen LogP contribution in [0, 0.1) is 0 Å². The Labute approximate surface area is 282 Å². The molecule has 0 aliphatic carbocycles. The van der Waals surface area contributed by atoms with Gasteiger partial charge in [0.15, 0.2) is 0 Å². The van der Waals surface area contributed by atoms with Crippen molar-refractivity contribution in [3.05, 3.63) is 0 Å². The second-order valence-corrected chi connectivity index (χ2v) is 15.0. The second kappa shape index (κ2) is 19.1. The van der Waals surface area contributed by atoms with Gasteiger partial charge in [-0.25, -0.2) is 23.5 Å². The van der Waals surface area contributed by atoms with Gasteiger partial charge in [-0.3, -0.25) is 9.63 Å². The van der Waals surface area contributed by atoms with Gasteiger partial charge < -0.3 is 23.6 Å². The van der Waals surface area contributed by atoms with Crippen LogP contribution in [0.25, 0.3) is 0 Å². The van der Waals surface area contributed by atoms with E-state index in [0.29, 0.717) is 18.0 Å². The molecule has 0 aromatic heterocycles. The zero-order valence-corrected chi connectivity index (χ0v) is 30.6. The average molecular weight is 692 g/mol. The van der Waals surface area contributed by atoms with E-state index >= 15 is 0 Å². The molecule has 0 saturated carbocycles. The van der Waals surface area contributed by atoms with E-state index < -0.39 is 46.1 Å². The van der Waals surface area contributed by atoms with Gasteiger partial charge in [-0.2, -0.15) is 9.35 Å². The molecule has 3 rings (SSSR count). The fourth-order valence-electron chi connectivity index (χ4n) is 6.20. The molecule has 0 aromatic rings. The molecule has 3 fully saturated rings. The molecule has 15 heteroatoms. The fraction of sp³-hybridized carbons (Fsp3) is 0.906. The topological polar surface area (TPSA) is 158 Å². The predicted molar refractivity (Wildman–Crippen MR) is 176 cm³/mol. The molecule has 4 amide bonds. The van der Waals surface area contributed by atoms with Gasteiger partial charge in [-0.05, 0) is 65.7 Å². The average Bonchev–Trinajstić information content (AvgIpc) is 3.20. The minimum absolute atomic E-state index is 0.0535. The number of hydroxylamine groups is 3. The van der Waals surface area contributed by atoms with Crippen LogP contribution in [-0.4, -0.2) is 120 Å². The second-order valence-electron chi connectivity index (χ2n) is 14.0. The summed E-state index contributed by atoms with van der Waals surface area (Å²) < 4.78 is 43.3. The number of nitrogens with zero attached hydrogens (tertiary/aromatic N) is 4. The summed E-state index contributed by atoms with van der Waals surface area (Å²) in [5.41, 5.74) is 1.66. The monoisotopic (exact) mass is 691 g/mol. The number of hydrogen-bond acceptors (Lipinski definition) is 9. The molecule has 47 heavy (non-hydrogen) atoms. The zero-order valence-electron chi connectivity index (χ0n) is 29.8. The summed E-state index contributed by atoms with van der Waals surface area (Å²) in [4.78, 5) is 44.7. The molecule has 2 bridgehead atoms. The van der Waals surface area contributed by atoms with Crippen LogP contribution in [0.4, 0.5) is 9.59 Å². The van der Waals surface area contributed by atoms with E-state index in [2.05, 4.69) is 37.5 Å². The highest BCUT2D eigenvalue weighted by Gasteiger charge is 2.49. The minimum atomic E-state index is -5.10. The molecule has 0 radical (unpaired) electrons. The molecular formula is C32H61N5O9S. The number of urea groups is 1. The Morgan fingerprint density at radius 3 is 1.87 bits per heavy atom. The summed E-state index contributed by atoms with van der Waals surface area (Å²) >= 11 is 0. The van der Waals surface area contributed by atoms with Crippen LogP contribution in [0.3, 0.4) is 0 Å². The van der Waals surface area contributed by atoms with Gasteiger partial charge in [0, 0.05) is 13.1 Å². The summed E-state index contributed by atoms with van der Waals surface area (Å²) in [5.74, 6) is -0.586. The van der Waals surface area contributed by atoms with Crippen molar-refractivity contribution in [3.8, 4) is 0 Å². The lowest BCUT2D eigenvalue weighted by Gasteiger charge is -2.41. The number of piperidine rings is 1. The van der Waals surface area contributed by atoms with Crippen molar-refractivity contribution in [2.45, 2.75) is 143 Å². The van der Waals surface area contributed by atoms with Crippen LogP contribution in [0.2, 0.25) is 0 Å². The third-order valence-electron chi connectivity index (χ3n) is 8.96. The standard InChI is InChI=1S/C16H26N4O9S.C16H36N/c1-16(2,3)28-15(23)18-7-6-11(18)9-27-17-13(21)12-5-4-10-8-19(12)14(22)20(10)29-30(24,25)26;1-5-9-13-17(14-10-6-2,15-11-7-3)16-12-8-4/h10-12H,4-9H2,1-3H3,(H,17,21)(H,24,25,26);5-16H2,1-4H3/q;+1/p-1/t10-,11+,12+;/m1./s1. The first-order valence-electron chi connectivity index (χ1n) is 17.6. The van der Waals surface area contributed by atoms with Crippen LogP contribution in [0.5, 0.6) is 0 Å². The number of rotatable bonds is 18. The smallest absolute Gasteiger partial charge is 0.410 e. The summed E-state index contributed by atoms with van der Waals surface area (Å²) in [5, 5.41) is 0.504. The highest BCUT2D eigenvalue weighted by Crippen LogP contribution is 2.31. The van der Waals surface area contributed by atoms with E-state index in [1.165, 1.54) is 86.9 Å². The van der Waals surface area contributed by atoms with E-state index in [-0.39, 0.29) is 32.0 Å². The Hall–Kier alpha value is -2.20. The van der Waals surface area contributed by atoms with Gasteiger partial charge in [-0.15, -0.1) is 0 Å². The van der Waals surface area contributed by atoms with Crippen molar-refractivity contribution < 1.29 is 45.7 Å². The van der Waals surface area contributed by atoms with Crippen molar-refractivity contribution in [2.24, 2.45) is 0 Å². The number of fused-ring (bicyclic) bond motifs is 2. The maximum absolute atomic E-state index is 12.4. The molecular weight excluding hydrogens is 630 g/mol. The van der Waals surface area contributed by atoms with Crippen LogP contribution < -0.4 is 5.48 Å². The highest BCUT2D eigenvalue weighted by molar-refractivity contribution is 7.80. The van der Waals surface area contributed by atoms with E-state index in [1.807, 2.05) is 0 Å². The van der Waals surface area contributed by atoms with Crippen LogP contribution >= 0.6 is 0 Å². The quantitative estimate of drug-likeness (QED) is 0.0931. The zero-order chi connectivity index (χ0) is 35.3. The largest absolute Gasteiger partial charge is 0.724 e. The van der Waals surface area contributed by atoms with Crippen LogP contribution in [0.15, 0.2) is 0 Å². The molecule has 0 aromatic carbocycles. The molecule has 1 N–H and O–H groups in total. The van der Waals surface area contributed by atoms with Gasteiger partial charge in [0.25, 0.3) is 5.91 Å². The van der Waals surface area contributed by atoms with Gasteiger partial charge in [0.2, 0.25) is 10.4 Å². The third kappa shape index (κ3) is 13.3. The van der Waals surface area contributed by atoms with Crippen molar-refractivity contribution >= 4 is 28.4 Å². The summed E-state index contributed by atoms with van der Waals surface area (Å²) in [6.07, 6.45) is 11.8. The summed E-state index contributed by atoms with van der Waals surface area (Å²) in [7, 11) is -5.10. The van der Waals surface area contributed by atoms with E-state index in [4.69, 9.17) is 9.57 Å². The number of carbonyl (C=O) groups is 3. The lowest BCUT2D eigenvalue weighted by atomic mass is 10.0. The number of hydrogen-bond donors (Lipinski definition) is 1. The number of amides is 4. The Morgan fingerprint density at radius 1 is 0.915 bits per heavy atom. The minimum Gasteiger partial charge on any atom is -0.724 e. The molecule has 14 nitrogen and oxygen atoms in total. The number of likely N-dealkylation sites (tertiary alicyclic amines) is 1. The molecule has 3 atom stereocenters. The van der Waals surface area contributed by atoms with Crippen molar-refractivity contribution in [2.75, 3.05) is 45.9 Å². The molecule has 3 saturated heterocycles. The molecule has 0 spiro atoms. The van der Waals surface area contributed by atoms with E-state index in [0.717, 1.165) is 4.90 Å². The predicted octanol–water partition coefficient (Wildman–Crippen LogP) is 4.71. The fourth-order valence-corrected chi connectivity index (χ4v) is 6.58. The van der Waals surface area contributed by atoms with E-state index in [1.54, 1.807) is 20.8 Å². The Balaban J connectivity index is 0.000000387. The maximum atomic E-state index is 12.4. The molecule has 3 heterocycles. The van der Waals surface area contributed by atoms with E-state index in [9.17, 15) is 27.4 Å². The summed E-state index contributed by atoms with van der Waals surface area (Å²) in [6, 6.07) is -2.62. The number of ether oxygens (including phenoxy) is 1. The van der Waals surface area contributed by atoms with Crippen LogP contribution in [-0.2, 0) is 29.1 Å². The molecule has 3 aliphatic heterocycles. The Morgan fingerprint density at radius 2 is 1.45 bits per heavy atom. The first-order chi connectivity index (χ1) is 22.1. The lowest BCUT2D eigenvalue weighted by molar-refractivity contribution is -0.929. The molecule has 274 valence electrons. The number of quaternary nitrogens is 1. The third-order valence-corrected chi connectivity index (χ3v) is 9.30. The highest BCUT2D eigenvalue weighted by atomic mass is 32.3. The van der Waals surface area contributed by atoms with Gasteiger partial charge in [0.1, 0.15) is 11.6 Å². The normalized spacial score (nSPS) is 21.2. The first-order valence-corrected chi connectivity index (χ1v) is 18.9. The van der Waals surface area contributed by atoms with Crippen molar-refractivity contribution in [1.82, 2.24) is 20.3 Å².